The fourth-order valence-electron chi connectivity index (χ4n) is 2.94. The third-order valence-electron chi connectivity index (χ3n) is 4.47. The minimum atomic E-state index is -0.0593. The fraction of sp³-hybridized carbons (Fsp3) is 0.625. The van der Waals surface area contributed by atoms with Crippen molar-refractivity contribution in [2.45, 2.75) is 31.8 Å². The zero-order chi connectivity index (χ0) is 15.4. The van der Waals surface area contributed by atoms with Crippen LogP contribution >= 0.6 is 23.2 Å². The number of hydrogen-bond acceptors (Lipinski definition) is 3. The largest absolute Gasteiger partial charge is 0.324 e. The van der Waals surface area contributed by atoms with Crippen LogP contribution < -0.4 is 5.73 Å². The lowest BCUT2D eigenvalue weighted by Crippen LogP contribution is -2.51. The molecule has 5 heteroatoms. The lowest BCUT2D eigenvalue weighted by molar-refractivity contribution is 0.0911. The SMILES string of the molecule is CCC1CN(CCC(N)c2cccc(Cl)c2Cl)CCN1C. The fourth-order valence-corrected chi connectivity index (χ4v) is 3.39. The van der Waals surface area contributed by atoms with E-state index in [4.69, 9.17) is 28.9 Å². The summed E-state index contributed by atoms with van der Waals surface area (Å²) in [6.45, 7) is 6.63. The van der Waals surface area contributed by atoms with Gasteiger partial charge in [0, 0.05) is 38.3 Å². The summed E-state index contributed by atoms with van der Waals surface area (Å²) < 4.78 is 0. The molecule has 0 saturated carbocycles. The molecule has 1 saturated heterocycles. The molecule has 0 bridgehead atoms. The van der Waals surface area contributed by atoms with Crippen molar-refractivity contribution < 1.29 is 0 Å². The summed E-state index contributed by atoms with van der Waals surface area (Å²) >= 11 is 12.3. The normalized spacial score (nSPS) is 22.4. The second-order valence-corrected chi connectivity index (χ2v) is 6.67. The highest BCUT2D eigenvalue weighted by molar-refractivity contribution is 6.42. The molecule has 2 N–H and O–H groups in total. The van der Waals surface area contributed by atoms with Crippen molar-refractivity contribution in [2.24, 2.45) is 5.73 Å². The molecule has 0 aromatic heterocycles. The van der Waals surface area contributed by atoms with E-state index in [0.29, 0.717) is 16.1 Å². The molecule has 21 heavy (non-hydrogen) atoms. The maximum Gasteiger partial charge on any atom is 0.0640 e. The van der Waals surface area contributed by atoms with Crippen LogP contribution in [0.3, 0.4) is 0 Å². The van der Waals surface area contributed by atoms with Gasteiger partial charge in [-0.3, -0.25) is 0 Å². The topological polar surface area (TPSA) is 32.5 Å². The molecule has 1 aliphatic heterocycles. The van der Waals surface area contributed by atoms with Crippen LogP contribution in [0.4, 0.5) is 0 Å². The maximum absolute atomic E-state index is 6.30. The average molecular weight is 330 g/mol. The first kappa shape index (κ1) is 17.0. The third-order valence-corrected chi connectivity index (χ3v) is 5.30. The molecule has 1 aromatic carbocycles. The first-order valence-electron chi connectivity index (χ1n) is 7.65. The summed E-state index contributed by atoms with van der Waals surface area (Å²) in [6.07, 6.45) is 2.10. The number of nitrogens with two attached hydrogens (primary N) is 1. The molecule has 2 atom stereocenters. The summed E-state index contributed by atoms with van der Waals surface area (Å²) in [5, 5.41) is 1.17. The monoisotopic (exact) mass is 329 g/mol. The van der Waals surface area contributed by atoms with E-state index < -0.39 is 0 Å². The lowest BCUT2D eigenvalue weighted by atomic mass is 10.0. The highest BCUT2D eigenvalue weighted by atomic mass is 35.5. The van der Waals surface area contributed by atoms with Crippen LogP contribution in [0.25, 0.3) is 0 Å². The van der Waals surface area contributed by atoms with E-state index >= 15 is 0 Å². The summed E-state index contributed by atoms with van der Waals surface area (Å²) in [5.41, 5.74) is 7.25. The molecule has 3 nitrogen and oxygen atoms in total. The Hall–Kier alpha value is -0.320. The minimum absolute atomic E-state index is 0.0593. The Labute approximate surface area is 138 Å². The van der Waals surface area contributed by atoms with E-state index in [1.54, 1.807) is 6.07 Å². The van der Waals surface area contributed by atoms with Gasteiger partial charge in [0.05, 0.1) is 10.0 Å². The van der Waals surface area contributed by atoms with Gasteiger partial charge in [0.1, 0.15) is 0 Å². The lowest BCUT2D eigenvalue weighted by Gasteiger charge is -2.39. The van der Waals surface area contributed by atoms with Crippen molar-refractivity contribution in [3.05, 3.63) is 33.8 Å². The number of nitrogens with zero attached hydrogens (tertiary/aromatic N) is 2. The van der Waals surface area contributed by atoms with E-state index in [9.17, 15) is 0 Å². The highest BCUT2D eigenvalue weighted by Crippen LogP contribution is 2.30. The number of benzene rings is 1. The molecule has 0 spiro atoms. The van der Waals surface area contributed by atoms with Gasteiger partial charge in [-0.25, -0.2) is 0 Å². The molecule has 2 rings (SSSR count). The molecular weight excluding hydrogens is 305 g/mol. The van der Waals surface area contributed by atoms with Crippen molar-refractivity contribution >= 4 is 23.2 Å². The van der Waals surface area contributed by atoms with Crippen molar-refractivity contribution in [2.75, 3.05) is 33.2 Å². The van der Waals surface area contributed by atoms with Crippen LogP contribution in [-0.4, -0.2) is 49.1 Å². The summed E-state index contributed by atoms with van der Waals surface area (Å²) in [5.74, 6) is 0. The average Bonchev–Trinajstić information content (AvgIpc) is 2.49. The van der Waals surface area contributed by atoms with Gasteiger partial charge < -0.3 is 15.5 Å². The van der Waals surface area contributed by atoms with Crippen LogP contribution in [0.1, 0.15) is 31.4 Å². The standard InChI is InChI=1S/C16H25Cl2N3/c1-3-12-11-21(10-9-20(12)2)8-7-15(19)13-5-4-6-14(17)16(13)18/h4-6,12,15H,3,7-11,19H2,1-2H3. The van der Waals surface area contributed by atoms with Crippen molar-refractivity contribution in [1.29, 1.82) is 0 Å². The number of hydrogen-bond donors (Lipinski definition) is 1. The van der Waals surface area contributed by atoms with E-state index in [-0.39, 0.29) is 6.04 Å². The van der Waals surface area contributed by atoms with Crippen molar-refractivity contribution in [3.8, 4) is 0 Å². The maximum atomic E-state index is 6.30. The Bertz CT molecular complexity index is 467. The number of halogens is 2. The molecule has 118 valence electrons. The van der Waals surface area contributed by atoms with Crippen LogP contribution in [0, 0.1) is 0 Å². The Morgan fingerprint density at radius 2 is 2.10 bits per heavy atom. The minimum Gasteiger partial charge on any atom is -0.324 e. The van der Waals surface area contributed by atoms with Crippen LogP contribution in [0.2, 0.25) is 10.0 Å². The summed E-state index contributed by atoms with van der Waals surface area (Å²) in [7, 11) is 2.21. The van der Waals surface area contributed by atoms with E-state index in [0.717, 1.165) is 38.2 Å². The molecule has 0 amide bonds. The molecule has 0 aliphatic carbocycles. The van der Waals surface area contributed by atoms with Gasteiger partial charge in [-0.15, -0.1) is 0 Å². The first-order chi connectivity index (χ1) is 10.0. The van der Waals surface area contributed by atoms with E-state index in [1.807, 2.05) is 12.1 Å². The predicted octanol–water partition coefficient (Wildman–Crippen LogP) is 3.41. The number of piperazine rings is 1. The number of likely N-dealkylation sites (N-methyl/N-ethyl adjacent to an activating group) is 1. The molecule has 1 heterocycles. The van der Waals surface area contributed by atoms with Gasteiger partial charge in [-0.2, -0.15) is 0 Å². The Balaban J connectivity index is 1.89. The highest BCUT2D eigenvalue weighted by Gasteiger charge is 2.23. The van der Waals surface area contributed by atoms with Crippen molar-refractivity contribution in [1.82, 2.24) is 9.80 Å². The third kappa shape index (κ3) is 4.33. The zero-order valence-corrected chi connectivity index (χ0v) is 14.4. The van der Waals surface area contributed by atoms with Gasteiger partial charge in [0.25, 0.3) is 0 Å². The summed E-state index contributed by atoms with van der Waals surface area (Å²) in [6, 6.07) is 6.27. The van der Waals surface area contributed by atoms with Gasteiger partial charge in [0.15, 0.2) is 0 Å². The first-order valence-corrected chi connectivity index (χ1v) is 8.40. The molecule has 1 aromatic rings. The van der Waals surface area contributed by atoms with Crippen molar-refractivity contribution in [3.63, 3.8) is 0 Å². The van der Waals surface area contributed by atoms with Crippen LogP contribution in [0.15, 0.2) is 18.2 Å². The quantitative estimate of drug-likeness (QED) is 0.898. The van der Waals surface area contributed by atoms with Crippen LogP contribution in [0.5, 0.6) is 0 Å². The Morgan fingerprint density at radius 1 is 1.33 bits per heavy atom. The molecule has 1 fully saturated rings. The second kappa shape index (κ2) is 7.80. The molecule has 0 radical (unpaired) electrons. The smallest absolute Gasteiger partial charge is 0.0640 e. The number of rotatable bonds is 5. The summed E-state index contributed by atoms with van der Waals surface area (Å²) in [4.78, 5) is 4.96. The van der Waals surface area contributed by atoms with Crippen LogP contribution in [-0.2, 0) is 0 Å². The molecule has 1 aliphatic rings. The molecule has 2 unspecified atom stereocenters. The Kier molecular flexibility index (Phi) is 6.33. The van der Waals surface area contributed by atoms with Gasteiger partial charge >= 0.3 is 0 Å². The molecular formula is C16H25Cl2N3. The van der Waals surface area contributed by atoms with Gasteiger partial charge in [-0.05, 0) is 31.5 Å². The van der Waals surface area contributed by atoms with Gasteiger partial charge in [-0.1, -0.05) is 42.3 Å². The van der Waals surface area contributed by atoms with Gasteiger partial charge in [0.2, 0.25) is 0 Å². The zero-order valence-electron chi connectivity index (χ0n) is 12.9. The van der Waals surface area contributed by atoms with E-state index in [2.05, 4.69) is 23.8 Å². The second-order valence-electron chi connectivity index (χ2n) is 5.88. The van der Waals surface area contributed by atoms with E-state index in [1.165, 1.54) is 6.42 Å². The predicted molar refractivity (Wildman–Crippen MR) is 91.2 cm³/mol. The Morgan fingerprint density at radius 3 is 2.81 bits per heavy atom.